The van der Waals surface area contributed by atoms with Gasteiger partial charge in [-0.1, -0.05) is 60.7 Å². The summed E-state index contributed by atoms with van der Waals surface area (Å²) in [6.07, 6.45) is 3.15. The van der Waals surface area contributed by atoms with Gasteiger partial charge in [-0.05, 0) is 52.4 Å². The molecule has 3 nitrogen and oxygen atoms in total. The molecule has 0 heterocycles. The normalized spacial score (nSPS) is 14.3. The van der Waals surface area contributed by atoms with Crippen LogP contribution in [0.25, 0.3) is 16.8 Å². The van der Waals surface area contributed by atoms with Gasteiger partial charge in [0.05, 0.1) is 4.91 Å². The minimum atomic E-state index is -3.46. The molecule has 0 atom stereocenters. The molecule has 3 aromatic rings. The van der Waals surface area contributed by atoms with Crippen LogP contribution in [0.1, 0.15) is 23.1 Å². The lowest BCUT2D eigenvalue weighted by molar-refractivity contribution is 0.471. The van der Waals surface area contributed by atoms with Crippen molar-refractivity contribution in [1.29, 1.82) is 0 Å². The molecule has 3 aromatic carbocycles. The molecule has 0 fully saturated rings. The predicted octanol–water partition coefficient (Wildman–Crippen LogP) is 4.59. The summed E-state index contributed by atoms with van der Waals surface area (Å²) in [6.45, 7) is 0.367. The summed E-state index contributed by atoms with van der Waals surface area (Å²) in [5.41, 5.74) is 3.21. The van der Waals surface area contributed by atoms with Crippen molar-refractivity contribution < 1.29 is 8.42 Å². The van der Waals surface area contributed by atoms with Crippen molar-refractivity contribution in [3.05, 3.63) is 88.3 Å². The first-order chi connectivity index (χ1) is 12.5. The van der Waals surface area contributed by atoms with E-state index in [1.165, 1.54) is 9.87 Å². The standard InChI is InChI=1S/C22H21NO2S/c1-23(16-17-10-11-18-6-2-4-8-20(18)14-17)26(24,25)22-13-12-19-7-3-5-9-21(19)15-22/h2-11,14-15H,12-13,16H2,1H3. The molecule has 1 aliphatic carbocycles. The molecule has 132 valence electrons. The van der Waals surface area contributed by atoms with E-state index in [1.54, 1.807) is 7.05 Å². The zero-order chi connectivity index (χ0) is 18.1. The van der Waals surface area contributed by atoms with Crippen LogP contribution in [0.5, 0.6) is 0 Å². The second kappa shape index (κ2) is 6.71. The fourth-order valence-electron chi connectivity index (χ4n) is 3.49. The van der Waals surface area contributed by atoms with Gasteiger partial charge in [-0.25, -0.2) is 8.42 Å². The van der Waals surface area contributed by atoms with Crippen molar-refractivity contribution in [2.24, 2.45) is 0 Å². The quantitative estimate of drug-likeness (QED) is 0.680. The Balaban J connectivity index is 1.60. The number of benzene rings is 3. The highest BCUT2D eigenvalue weighted by atomic mass is 32.2. The van der Waals surface area contributed by atoms with E-state index in [-0.39, 0.29) is 0 Å². The SMILES string of the molecule is CN(Cc1ccc2ccccc2c1)S(=O)(=O)C1=Cc2ccccc2CC1. The first-order valence-corrected chi connectivity index (χ1v) is 10.2. The Bertz CT molecular complexity index is 1100. The molecule has 0 bridgehead atoms. The summed E-state index contributed by atoms with van der Waals surface area (Å²) in [5.74, 6) is 0. The number of hydrogen-bond acceptors (Lipinski definition) is 2. The van der Waals surface area contributed by atoms with Gasteiger partial charge in [0.25, 0.3) is 0 Å². The van der Waals surface area contributed by atoms with E-state index in [9.17, 15) is 8.42 Å². The highest BCUT2D eigenvalue weighted by Gasteiger charge is 2.26. The highest BCUT2D eigenvalue weighted by molar-refractivity contribution is 7.93. The molecule has 0 saturated heterocycles. The molecule has 0 N–H and O–H groups in total. The molecule has 1 aliphatic rings. The molecule has 0 unspecified atom stereocenters. The van der Waals surface area contributed by atoms with Gasteiger partial charge < -0.3 is 0 Å². The van der Waals surface area contributed by atoms with Crippen LogP contribution in [0.4, 0.5) is 0 Å². The van der Waals surface area contributed by atoms with Crippen molar-refractivity contribution in [3.8, 4) is 0 Å². The van der Waals surface area contributed by atoms with Crippen molar-refractivity contribution in [2.75, 3.05) is 7.05 Å². The average Bonchev–Trinajstić information content (AvgIpc) is 2.67. The Morgan fingerprint density at radius 3 is 2.46 bits per heavy atom. The minimum Gasteiger partial charge on any atom is -0.207 e. The van der Waals surface area contributed by atoms with Gasteiger partial charge >= 0.3 is 0 Å². The van der Waals surface area contributed by atoms with Crippen molar-refractivity contribution in [2.45, 2.75) is 19.4 Å². The Hall–Kier alpha value is -2.43. The number of nitrogens with zero attached hydrogens (tertiary/aromatic N) is 1. The van der Waals surface area contributed by atoms with E-state index >= 15 is 0 Å². The third-order valence-corrected chi connectivity index (χ3v) is 6.91. The topological polar surface area (TPSA) is 37.4 Å². The van der Waals surface area contributed by atoms with Crippen LogP contribution < -0.4 is 0 Å². The average molecular weight is 363 g/mol. The van der Waals surface area contributed by atoms with E-state index in [4.69, 9.17) is 0 Å². The Labute approximate surface area is 154 Å². The van der Waals surface area contributed by atoms with Crippen molar-refractivity contribution >= 4 is 26.9 Å². The van der Waals surface area contributed by atoms with E-state index in [0.29, 0.717) is 17.9 Å². The van der Waals surface area contributed by atoms with Gasteiger partial charge in [-0.15, -0.1) is 0 Å². The lowest BCUT2D eigenvalue weighted by Gasteiger charge is -2.22. The fraction of sp³-hybridized carbons (Fsp3) is 0.182. The second-order valence-electron chi connectivity index (χ2n) is 6.75. The second-order valence-corrected chi connectivity index (χ2v) is 8.85. The van der Waals surface area contributed by atoms with E-state index in [0.717, 1.165) is 28.3 Å². The van der Waals surface area contributed by atoms with Crippen LogP contribution in [0.2, 0.25) is 0 Å². The molecule has 4 rings (SSSR count). The number of sulfonamides is 1. The predicted molar refractivity (Wildman–Crippen MR) is 107 cm³/mol. The first-order valence-electron chi connectivity index (χ1n) is 8.76. The molecular weight excluding hydrogens is 342 g/mol. The summed E-state index contributed by atoms with van der Waals surface area (Å²) in [5, 5.41) is 2.29. The van der Waals surface area contributed by atoms with Crippen LogP contribution in [0, 0.1) is 0 Å². The summed E-state index contributed by atoms with van der Waals surface area (Å²) < 4.78 is 27.5. The smallest absolute Gasteiger partial charge is 0.207 e. The fourth-order valence-corrected chi connectivity index (χ4v) is 4.84. The van der Waals surface area contributed by atoms with Gasteiger partial charge in [0.1, 0.15) is 0 Å². The van der Waals surface area contributed by atoms with E-state index in [2.05, 4.69) is 18.2 Å². The van der Waals surface area contributed by atoms with Crippen LogP contribution in [-0.4, -0.2) is 19.8 Å². The molecule has 0 amide bonds. The van der Waals surface area contributed by atoms with Crippen molar-refractivity contribution in [3.63, 3.8) is 0 Å². The Kier molecular flexibility index (Phi) is 4.39. The lowest BCUT2D eigenvalue weighted by Crippen LogP contribution is -2.28. The van der Waals surface area contributed by atoms with Gasteiger partial charge in [-0.3, -0.25) is 0 Å². The Morgan fingerprint density at radius 1 is 0.885 bits per heavy atom. The third-order valence-electron chi connectivity index (χ3n) is 4.97. The molecule has 0 aromatic heterocycles. The van der Waals surface area contributed by atoms with Gasteiger partial charge in [0, 0.05) is 13.6 Å². The van der Waals surface area contributed by atoms with Crippen molar-refractivity contribution in [1.82, 2.24) is 4.31 Å². The maximum atomic E-state index is 13.0. The number of rotatable bonds is 4. The van der Waals surface area contributed by atoms with E-state index in [1.807, 2.05) is 54.6 Å². The highest BCUT2D eigenvalue weighted by Crippen LogP contribution is 2.29. The van der Waals surface area contributed by atoms with Crippen LogP contribution in [-0.2, 0) is 23.0 Å². The first kappa shape index (κ1) is 17.0. The van der Waals surface area contributed by atoms with Gasteiger partial charge in [0.15, 0.2) is 0 Å². The summed E-state index contributed by atoms with van der Waals surface area (Å²) in [4.78, 5) is 0.500. The van der Waals surface area contributed by atoms with Gasteiger partial charge in [0.2, 0.25) is 10.0 Å². The summed E-state index contributed by atoms with van der Waals surface area (Å²) in [6, 6.07) is 22.2. The zero-order valence-electron chi connectivity index (χ0n) is 14.7. The van der Waals surface area contributed by atoms with Crippen LogP contribution in [0.3, 0.4) is 0 Å². The monoisotopic (exact) mass is 363 g/mol. The largest absolute Gasteiger partial charge is 0.239 e. The summed E-state index contributed by atoms with van der Waals surface area (Å²) >= 11 is 0. The molecule has 26 heavy (non-hydrogen) atoms. The number of fused-ring (bicyclic) bond motifs is 2. The molecule has 0 spiro atoms. The van der Waals surface area contributed by atoms with E-state index < -0.39 is 10.0 Å². The maximum absolute atomic E-state index is 13.0. The molecular formula is C22H21NO2S. The zero-order valence-corrected chi connectivity index (χ0v) is 15.5. The third kappa shape index (κ3) is 3.18. The van der Waals surface area contributed by atoms with Crippen LogP contribution >= 0.6 is 0 Å². The van der Waals surface area contributed by atoms with Crippen LogP contribution in [0.15, 0.2) is 71.6 Å². The number of allylic oxidation sites excluding steroid dienone is 1. The summed E-state index contributed by atoms with van der Waals surface area (Å²) in [7, 11) is -1.80. The number of hydrogen-bond donors (Lipinski definition) is 0. The molecule has 0 aliphatic heterocycles. The Morgan fingerprint density at radius 2 is 1.62 bits per heavy atom. The maximum Gasteiger partial charge on any atom is 0.239 e. The number of aryl methyl sites for hydroxylation is 1. The lowest BCUT2D eigenvalue weighted by atomic mass is 9.98. The minimum absolute atomic E-state index is 0.367. The molecule has 4 heteroatoms. The molecule has 0 radical (unpaired) electrons. The van der Waals surface area contributed by atoms with Gasteiger partial charge in [-0.2, -0.15) is 4.31 Å². The molecule has 0 saturated carbocycles.